The molecule has 0 radical (unpaired) electrons. The van der Waals surface area contributed by atoms with E-state index < -0.39 is 5.97 Å². The van der Waals surface area contributed by atoms with E-state index in [2.05, 4.69) is 15.5 Å². The molecule has 0 unspecified atom stereocenters. The van der Waals surface area contributed by atoms with Gasteiger partial charge in [-0.05, 0) is 31.2 Å². The van der Waals surface area contributed by atoms with Crippen LogP contribution in [0, 0.1) is 0 Å². The first-order chi connectivity index (χ1) is 14.0. The zero-order valence-electron chi connectivity index (χ0n) is 15.5. The molecule has 3 N–H and O–H groups in total. The number of anilines is 1. The number of carbonyl (C=O) groups is 2. The molecule has 1 amide bonds. The lowest BCUT2D eigenvalue weighted by Crippen LogP contribution is -2.18. The lowest BCUT2D eigenvalue weighted by atomic mass is 10.2. The smallest absolute Gasteiger partial charge is 0.340 e. The molecule has 0 spiro atoms. The summed E-state index contributed by atoms with van der Waals surface area (Å²) in [5.74, 6) is 5.65. The van der Waals surface area contributed by atoms with Gasteiger partial charge in [0.1, 0.15) is 0 Å². The van der Waals surface area contributed by atoms with Crippen molar-refractivity contribution >= 4 is 40.9 Å². The monoisotopic (exact) mass is 431 g/mol. The van der Waals surface area contributed by atoms with Crippen LogP contribution in [0.5, 0.6) is 0 Å². The number of aromatic nitrogens is 3. The number of amides is 1. The van der Waals surface area contributed by atoms with Crippen LogP contribution in [0.2, 0.25) is 5.02 Å². The fourth-order valence-electron chi connectivity index (χ4n) is 2.50. The highest BCUT2D eigenvalue weighted by atomic mass is 35.5. The van der Waals surface area contributed by atoms with Crippen molar-refractivity contribution in [3.8, 4) is 11.4 Å². The van der Waals surface area contributed by atoms with Crippen molar-refractivity contribution in [1.82, 2.24) is 14.9 Å². The Hall–Kier alpha value is -3.04. The third-order valence-electron chi connectivity index (χ3n) is 3.81. The number of nitrogens with one attached hydrogen (secondary N) is 1. The number of halogens is 1. The van der Waals surface area contributed by atoms with Gasteiger partial charge in [0.25, 0.3) is 0 Å². The van der Waals surface area contributed by atoms with E-state index in [0.29, 0.717) is 27.3 Å². The van der Waals surface area contributed by atoms with E-state index in [0.717, 1.165) is 11.8 Å². The Balaban J connectivity index is 1.67. The molecule has 3 aromatic rings. The van der Waals surface area contributed by atoms with E-state index in [9.17, 15) is 9.59 Å². The van der Waals surface area contributed by atoms with Gasteiger partial charge in [-0.3, -0.25) is 4.79 Å². The maximum Gasteiger partial charge on any atom is 0.340 e. The van der Waals surface area contributed by atoms with E-state index in [1.54, 1.807) is 49.4 Å². The van der Waals surface area contributed by atoms with Crippen molar-refractivity contribution in [3.63, 3.8) is 0 Å². The molecule has 1 aromatic heterocycles. The number of nitrogens with zero attached hydrogens (tertiary/aromatic N) is 3. The topological polar surface area (TPSA) is 112 Å². The molecule has 0 aliphatic carbocycles. The fraction of sp³-hybridized carbons (Fsp3) is 0.158. The summed E-state index contributed by atoms with van der Waals surface area (Å²) in [7, 11) is 0. The maximum atomic E-state index is 12.4. The third kappa shape index (κ3) is 4.87. The summed E-state index contributed by atoms with van der Waals surface area (Å²) in [6.45, 7) is 1.96. The van der Waals surface area contributed by atoms with E-state index in [4.69, 9.17) is 22.2 Å². The predicted octanol–water partition coefficient (Wildman–Crippen LogP) is 3.22. The number of esters is 1. The molecular formula is C19H18ClN5O3S. The number of carbonyl (C=O) groups excluding carboxylic acids is 2. The normalized spacial score (nSPS) is 10.6. The number of rotatable bonds is 7. The summed E-state index contributed by atoms with van der Waals surface area (Å²) in [5.41, 5.74) is 1.31. The van der Waals surface area contributed by atoms with Gasteiger partial charge >= 0.3 is 5.97 Å². The van der Waals surface area contributed by atoms with Crippen LogP contribution in [0.4, 0.5) is 5.69 Å². The van der Waals surface area contributed by atoms with Crippen LogP contribution in [0.15, 0.2) is 53.7 Å². The fourth-order valence-corrected chi connectivity index (χ4v) is 3.37. The number of thioether (sulfide) groups is 1. The lowest BCUT2D eigenvalue weighted by Gasteiger charge is -2.10. The largest absolute Gasteiger partial charge is 0.462 e. The maximum absolute atomic E-state index is 12.4. The number of nitrogens with two attached hydrogens (primary N) is 1. The summed E-state index contributed by atoms with van der Waals surface area (Å²) in [4.78, 5) is 24.4. The molecule has 150 valence electrons. The lowest BCUT2D eigenvalue weighted by molar-refractivity contribution is -0.113. The first kappa shape index (κ1) is 20.7. The van der Waals surface area contributed by atoms with Crippen molar-refractivity contribution < 1.29 is 14.3 Å². The molecule has 0 aliphatic heterocycles. The Kier molecular flexibility index (Phi) is 6.73. The molecule has 0 bridgehead atoms. The Bertz CT molecular complexity index is 1040. The van der Waals surface area contributed by atoms with Crippen molar-refractivity contribution in [1.29, 1.82) is 0 Å². The van der Waals surface area contributed by atoms with Gasteiger partial charge in [-0.15, -0.1) is 10.2 Å². The van der Waals surface area contributed by atoms with Gasteiger partial charge in [-0.1, -0.05) is 47.6 Å². The van der Waals surface area contributed by atoms with Gasteiger partial charge in [-0.25, -0.2) is 9.47 Å². The summed E-state index contributed by atoms with van der Waals surface area (Å²) in [6.07, 6.45) is 0. The molecule has 2 aromatic carbocycles. The summed E-state index contributed by atoms with van der Waals surface area (Å²) in [5, 5.41) is 11.6. The van der Waals surface area contributed by atoms with Gasteiger partial charge in [0.05, 0.1) is 28.6 Å². The third-order valence-corrected chi connectivity index (χ3v) is 5.08. The van der Waals surface area contributed by atoms with Gasteiger partial charge in [0, 0.05) is 5.56 Å². The quantitative estimate of drug-likeness (QED) is 0.335. The van der Waals surface area contributed by atoms with E-state index in [1.165, 1.54) is 4.68 Å². The highest BCUT2D eigenvalue weighted by molar-refractivity contribution is 7.99. The van der Waals surface area contributed by atoms with Gasteiger partial charge in [0.2, 0.25) is 11.1 Å². The standard InChI is InChI=1S/C19H18ClN5O3S/c1-2-28-18(27)13-8-4-6-10-15(13)22-16(26)11-29-19-24-23-17(25(19)21)12-7-3-5-9-14(12)20/h3-10H,2,11,21H2,1H3,(H,22,26). The molecule has 0 fully saturated rings. The van der Waals surface area contributed by atoms with Crippen LogP contribution in [0.1, 0.15) is 17.3 Å². The highest BCUT2D eigenvalue weighted by Crippen LogP contribution is 2.27. The van der Waals surface area contributed by atoms with Gasteiger partial charge in [0.15, 0.2) is 5.82 Å². The molecule has 1 heterocycles. The number of nitrogen functional groups attached to an aromatic ring is 1. The molecule has 0 atom stereocenters. The molecule has 0 saturated heterocycles. The van der Waals surface area contributed by atoms with Crippen molar-refractivity contribution in [2.75, 3.05) is 23.5 Å². The van der Waals surface area contributed by atoms with Crippen LogP contribution in [0.3, 0.4) is 0 Å². The second-order valence-corrected chi connectivity index (χ2v) is 7.11. The molecule has 8 nitrogen and oxygen atoms in total. The minimum atomic E-state index is -0.498. The van der Waals surface area contributed by atoms with Crippen LogP contribution in [-0.4, -0.2) is 39.1 Å². The SMILES string of the molecule is CCOC(=O)c1ccccc1NC(=O)CSc1nnc(-c2ccccc2Cl)n1N. The molecule has 0 aliphatic rings. The van der Waals surface area contributed by atoms with E-state index in [1.807, 2.05) is 6.07 Å². The van der Waals surface area contributed by atoms with Crippen molar-refractivity contribution in [2.24, 2.45) is 0 Å². The second kappa shape index (κ2) is 9.44. The number of benzene rings is 2. The van der Waals surface area contributed by atoms with Crippen molar-refractivity contribution in [3.05, 3.63) is 59.1 Å². The zero-order valence-corrected chi connectivity index (χ0v) is 17.0. The summed E-state index contributed by atoms with van der Waals surface area (Å²) < 4.78 is 6.29. The molecule has 10 heteroatoms. The van der Waals surface area contributed by atoms with Crippen LogP contribution in [0.25, 0.3) is 11.4 Å². The summed E-state index contributed by atoms with van der Waals surface area (Å²) in [6, 6.07) is 13.8. The Morgan fingerprint density at radius 3 is 2.66 bits per heavy atom. The molecule has 29 heavy (non-hydrogen) atoms. The Morgan fingerprint density at radius 1 is 1.17 bits per heavy atom. The Labute approximate surface area is 176 Å². The highest BCUT2D eigenvalue weighted by Gasteiger charge is 2.17. The molecule has 3 rings (SSSR count). The van der Waals surface area contributed by atoms with Crippen LogP contribution in [-0.2, 0) is 9.53 Å². The average Bonchev–Trinajstić information content (AvgIpc) is 3.07. The minimum Gasteiger partial charge on any atom is -0.462 e. The van der Waals surface area contributed by atoms with Gasteiger partial charge < -0.3 is 15.9 Å². The second-order valence-electron chi connectivity index (χ2n) is 5.76. The van der Waals surface area contributed by atoms with Crippen LogP contribution < -0.4 is 11.2 Å². The average molecular weight is 432 g/mol. The first-order valence-corrected chi connectivity index (χ1v) is 10.0. The number of para-hydroxylation sites is 1. The van der Waals surface area contributed by atoms with E-state index in [-0.39, 0.29) is 23.8 Å². The first-order valence-electron chi connectivity index (χ1n) is 8.65. The predicted molar refractivity (Wildman–Crippen MR) is 112 cm³/mol. The zero-order chi connectivity index (χ0) is 20.8. The minimum absolute atomic E-state index is 0.0228. The molecule has 0 saturated carbocycles. The number of hydrogen-bond acceptors (Lipinski definition) is 7. The Morgan fingerprint density at radius 2 is 1.90 bits per heavy atom. The number of hydrogen-bond donors (Lipinski definition) is 2. The number of ether oxygens (including phenoxy) is 1. The summed E-state index contributed by atoms with van der Waals surface area (Å²) >= 11 is 7.29. The van der Waals surface area contributed by atoms with E-state index >= 15 is 0 Å². The molecular weight excluding hydrogens is 414 g/mol. The van der Waals surface area contributed by atoms with Gasteiger partial charge in [-0.2, -0.15) is 0 Å². The van der Waals surface area contributed by atoms with Crippen molar-refractivity contribution in [2.45, 2.75) is 12.1 Å². The van der Waals surface area contributed by atoms with Crippen LogP contribution >= 0.6 is 23.4 Å².